The standard InChI is InChI=1S/C13H24N2O2/c1-10-4-5-11(8-14-10)12(16)15-13(2)6-3-7-17-9-13/h10-11,14H,3-9H2,1-2H3,(H,15,16). The second-order valence-corrected chi connectivity index (χ2v) is 5.79. The first-order valence-electron chi connectivity index (χ1n) is 6.72. The van der Waals surface area contributed by atoms with Crippen LogP contribution in [0.2, 0.25) is 0 Å². The topological polar surface area (TPSA) is 50.4 Å². The van der Waals surface area contributed by atoms with Gasteiger partial charge in [0.15, 0.2) is 0 Å². The molecular formula is C13H24N2O2. The smallest absolute Gasteiger partial charge is 0.224 e. The predicted molar refractivity (Wildman–Crippen MR) is 66.8 cm³/mol. The molecule has 2 rings (SSSR count). The van der Waals surface area contributed by atoms with Gasteiger partial charge in [-0.3, -0.25) is 4.79 Å². The van der Waals surface area contributed by atoms with Crippen molar-refractivity contribution in [3.8, 4) is 0 Å². The molecule has 0 saturated carbocycles. The highest BCUT2D eigenvalue weighted by molar-refractivity contribution is 5.79. The molecule has 0 aliphatic carbocycles. The molecule has 0 aromatic heterocycles. The molecule has 2 aliphatic rings. The SMILES string of the molecule is CC1CCC(C(=O)NC2(C)CCCOC2)CN1. The fraction of sp³-hybridized carbons (Fsp3) is 0.923. The van der Waals surface area contributed by atoms with Crippen LogP contribution in [0.15, 0.2) is 0 Å². The molecule has 0 bridgehead atoms. The molecule has 3 atom stereocenters. The van der Waals surface area contributed by atoms with Crippen LogP contribution < -0.4 is 10.6 Å². The average molecular weight is 240 g/mol. The van der Waals surface area contributed by atoms with Gasteiger partial charge in [-0.05, 0) is 39.5 Å². The molecule has 4 nitrogen and oxygen atoms in total. The van der Waals surface area contributed by atoms with Gasteiger partial charge in [0.25, 0.3) is 0 Å². The highest BCUT2D eigenvalue weighted by atomic mass is 16.5. The number of carbonyl (C=O) groups excluding carboxylic acids is 1. The zero-order chi connectivity index (χ0) is 12.3. The molecule has 98 valence electrons. The Morgan fingerprint density at radius 3 is 2.88 bits per heavy atom. The van der Waals surface area contributed by atoms with E-state index < -0.39 is 0 Å². The van der Waals surface area contributed by atoms with E-state index in [1.165, 1.54) is 0 Å². The van der Waals surface area contributed by atoms with Gasteiger partial charge in [0.1, 0.15) is 0 Å². The van der Waals surface area contributed by atoms with Gasteiger partial charge >= 0.3 is 0 Å². The van der Waals surface area contributed by atoms with Crippen molar-refractivity contribution >= 4 is 5.91 Å². The number of nitrogens with one attached hydrogen (secondary N) is 2. The first-order valence-corrected chi connectivity index (χ1v) is 6.72. The van der Waals surface area contributed by atoms with Gasteiger partial charge in [-0.1, -0.05) is 0 Å². The van der Waals surface area contributed by atoms with E-state index in [2.05, 4.69) is 24.5 Å². The summed E-state index contributed by atoms with van der Waals surface area (Å²) in [4.78, 5) is 12.2. The number of piperidine rings is 1. The van der Waals surface area contributed by atoms with Crippen molar-refractivity contribution in [3.05, 3.63) is 0 Å². The fourth-order valence-corrected chi connectivity index (χ4v) is 2.65. The van der Waals surface area contributed by atoms with E-state index in [-0.39, 0.29) is 17.4 Å². The molecule has 2 heterocycles. The Hall–Kier alpha value is -0.610. The summed E-state index contributed by atoms with van der Waals surface area (Å²) in [5.74, 6) is 0.322. The Morgan fingerprint density at radius 2 is 2.29 bits per heavy atom. The minimum absolute atomic E-state index is 0.130. The normalized spacial score (nSPS) is 38.7. The quantitative estimate of drug-likeness (QED) is 0.759. The second kappa shape index (κ2) is 5.36. The lowest BCUT2D eigenvalue weighted by molar-refractivity contribution is -0.129. The van der Waals surface area contributed by atoms with Gasteiger partial charge in [-0.15, -0.1) is 0 Å². The van der Waals surface area contributed by atoms with Gasteiger partial charge < -0.3 is 15.4 Å². The predicted octanol–water partition coefficient (Wildman–Crippen LogP) is 1.06. The van der Waals surface area contributed by atoms with Crippen LogP contribution in [0.5, 0.6) is 0 Å². The number of rotatable bonds is 2. The summed E-state index contributed by atoms with van der Waals surface area (Å²) in [5.41, 5.74) is -0.154. The van der Waals surface area contributed by atoms with Crippen molar-refractivity contribution in [2.75, 3.05) is 19.8 Å². The van der Waals surface area contributed by atoms with Gasteiger partial charge in [-0.25, -0.2) is 0 Å². The van der Waals surface area contributed by atoms with Crippen molar-refractivity contribution in [2.24, 2.45) is 5.92 Å². The van der Waals surface area contributed by atoms with Crippen LogP contribution in [0.4, 0.5) is 0 Å². The molecule has 1 amide bonds. The van der Waals surface area contributed by atoms with Gasteiger partial charge in [-0.2, -0.15) is 0 Å². The van der Waals surface area contributed by atoms with Crippen LogP contribution in [0.1, 0.15) is 39.5 Å². The largest absolute Gasteiger partial charge is 0.379 e. The minimum atomic E-state index is -0.154. The lowest BCUT2D eigenvalue weighted by Gasteiger charge is -2.36. The summed E-state index contributed by atoms with van der Waals surface area (Å²) in [5, 5.41) is 6.55. The van der Waals surface area contributed by atoms with Crippen LogP contribution in [-0.4, -0.2) is 37.2 Å². The zero-order valence-electron chi connectivity index (χ0n) is 10.9. The van der Waals surface area contributed by atoms with E-state index >= 15 is 0 Å². The summed E-state index contributed by atoms with van der Waals surface area (Å²) < 4.78 is 5.46. The third-order valence-corrected chi connectivity index (χ3v) is 3.89. The zero-order valence-corrected chi connectivity index (χ0v) is 10.9. The number of hydrogen-bond acceptors (Lipinski definition) is 3. The molecule has 3 unspecified atom stereocenters. The monoisotopic (exact) mass is 240 g/mol. The maximum atomic E-state index is 12.2. The molecule has 0 spiro atoms. The number of amides is 1. The van der Waals surface area contributed by atoms with Crippen molar-refractivity contribution in [2.45, 2.75) is 51.1 Å². The van der Waals surface area contributed by atoms with Gasteiger partial charge in [0, 0.05) is 19.2 Å². The third-order valence-electron chi connectivity index (χ3n) is 3.89. The first kappa shape index (κ1) is 12.8. The third kappa shape index (κ3) is 3.42. The molecule has 2 saturated heterocycles. The minimum Gasteiger partial charge on any atom is -0.379 e. The number of hydrogen-bond donors (Lipinski definition) is 2. The van der Waals surface area contributed by atoms with Crippen molar-refractivity contribution < 1.29 is 9.53 Å². The van der Waals surface area contributed by atoms with E-state index in [9.17, 15) is 4.79 Å². The summed E-state index contributed by atoms with van der Waals surface area (Å²) >= 11 is 0. The molecule has 0 aromatic carbocycles. The van der Waals surface area contributed by atoms with Gasteiger partial charge in [0.2, 0.25) is 5.91 Å². The van der Waals surface area contributed by atoms with Crippen LogP contribution in [0.25, 0.3) is 0 Å². The molecule has 4 heteroatoms. The van der Waals surface area contributed by atoms with Crippen LogP contribution in [-0.2, 0) is 9.53 Å². The molecule has 2 N–H and O–H groups in total. The molecule has 2 aliphatic heterocycles. The Kier molecular flexibility index (Phi) is 4.05. The molecule has 17 heavy (non-hydrogen) atoms. The lowest BCUT2D eigenvalue weighted by Crippen LogP contribution is -2.55. The van der Waals surface area contributed by atoms with E-state index in [0.717, 1.165) is 38.8 Å². The van der Waals surface area contributed by atoms with E-state index in [4.69, 9.17) is 4.74 Å². The van der Waals surface area contributed by atoms with Crippen molar-refractivity contribution in [3.63, 3.8) is 0 Å². The van der Waals surface area contributed by atoms with Crippen LogP contribution in [0.3, 0.4) is 0 Å². The second-order valence-electron chi connectivity index (χ2n) is 5.79. The summed E-state index contributed by atoms with van der Waals surface area (Å²) in [6.45, 7) is 6.54. The Bertz CT molecular complexity index is 267. The Balaban J connectivity index is 1.83. The summed E-state index contributed by atoms with van der Waals surface area (Å²) in [6, 6.07) is 0.549. The summed E-state index contributed by atoms with van der Waals surface area (Å²) in [6.07, 6.45) is 4.15. The van der Waals surface area contributed by atoms with Crippen molar-refractivity contribution in [1.29, 1.82) is 0 Å². The van der Waals surface area contributed by atoms with Crippen LogP contribution in [0, 0.1) is 5.92 Å². The van der Waals surface area contributed by atoms with Crippen molar-refractivity contribution in [1.82, 2.24) is 10.6 Å². The first-order chi connectivity index (χ1) is 8.09. The Morgan fingerprint density at radius 1 is 1.47 bits per heavy atom. The maximum absolute atomic E-state index is 12.2. The Labute approximate surface area is 103 Å². The lowest BCUT2D eigenvalue weighted by atomic mass is 9.91. The van der Waals surface area contributed by atoms with E-state index in [1.54, 1.807) is 0 Å². The maximum Gasteiger partial charge on any atom is 0.224 e. The number of ether oxygens (including phenoxy) is 1. The summed E-state index contributed by atoms with van der Waals surface area (Å²) in [7, 11) is 0. The highest BCUT2D eigenvalue weighted by Gasteiger charge is 2.32. The molecule has 0 radical (unpaired) electrons. The van der Waals surface area contributed by atoms with Gasteiger partial charge in [0.05, 0.1) is 18.1 Å². The molecule has 2 fully saturated rings. The average Bonchev–Trinajstić information content (AvgIpc) is 2.30. The highest BCUT2D eigenvalue weighted by Crippen LogP contribution is 2.21. The fourth-order valence-electron chi connectivity index (χ4n) is 2.65. The van der Waals surface area contributed by atoms with E-state index in [1.807, 2.05) is 0 Å². The van der Waals surface area contributed by atoms with E-state index in [0.29, 0.717) is 12.6 Å². The molecule has 0 aromatic rings. The number of carbonyl (C=O) groups is 1. The van der Waals surface area contributed by atoms with Crippen LogP contribution >= 0.6 is 0 Å². The molecular weight excluding hydrogens is 216 g/mol.